The zero-order chi connectivity index (χ0) is 23.3. The Balaban J connectivity index is 2.15. The van der Waals surface area contributed by atoms with Gasteiger partial charge in [-0.25, -0.2) is 0 Å². The van der Waals surface area contributed by atoms with Crippen LogP contribution in [0.25, 0.3) is 0 Å². The minimum atomic E-state index is -1.56. The number of rotatable bonds is 10. The van der Waals surface area contributed by atoms with Crippen LogP contribution >= 0.6 is 0 Å². The minimum Gasteiger partial charge on any atom is -0.394 e. The van der Waals surface area contributed by atoms with Gasteiger partial charge in [-0.15, -0.1) is 0 Å². The molecule has 0 spiro atoms. The highest BCUT2D eigenvalue weighted by atomic mass is 16.7. The van der Waals surface area contributed by atoms with Crippen molar-refractivity contribution in [2.75, 3.05) is 33.4 Å². The van der Waals surface area contributed by atoms with Crippen LogP contribution in [0.5, 0.6) is 0 Å². The van der Waals surface area contributed by atoms with Gasteiger partial charge >= 0.3 is 0 Å². The van der Waals surface area contributed by atoms with Crippen LogP contribution in [-0.2, 0) is 23.8 Å². The summed E-state index contributed by atoms with van der Waals surface area (Å²) in [7, 11) is 1.47. The molecule has 0 aliphatic carbocycles. The summed E-state index contributed by atoms with van der Waals surface area (Å²) in [5, 5.41) is 62.6. The van der Waals surface area contributed by atoms with Gasteiger partial charge in [-0.1, -0.05) is 0 Å². The van der Waals surface area contributed by atoms with E-state index in [0.717, 1.165) is 0 Å². The molecule has 0 aromatic heterocycles. The van der Waals surface area contributed by atoms with Gasteiger partial charge in [-0.3, -0.25) is 4.84 Å². The lowest BCUT2D eigenvalue weighted by Gasteiger charge is -2.48. The predicted molar refractivity (Wildman–Crippen MR) is 103 cm³/mol. The molecule has 31 heavy (non-hydrogen) atoms. The van der Waals surface area contributed by atoms with Crippen molar-refractivity contribution in [1.29, 1.82) is 0 Å². The summed E-state index contributed by atoms with van der Waals surface area (Å²) >= 11 is 0. The highest BCUT2D eigenvalue weighted by Crippen LogP contribution is 2.31. The standard InChI is InChI=1S/C18H36N2O11/c1-8(2)28-16-11(23)9(6-21)30-18(14(16)26)31-15-10(7-22)29-17(13(25)12(15)24)20(3)27-5-4-19/h8-18,21-26H,4-7,19H2,1-3H3/t9?,10?,11-,12+,13?,14?,15+,16-,17+,18-/m0/s1. The molecule has 8 N–H and O–H groups in total. The number of ether oxygens (including phenoxy) is 4. The number of nitrogens with two attached hydrogens (primary N) is 1. The molecule has 13 heteroatoms. The molecular formula is C18H36N2O11. The normalized spacial score (nSPS) is 41.8. The first-order valence-electron chi connectivity index (χ1n) is 10.3. The molecule has 2 saturated heterocycles. The van der Waals surface area contributed by atoms with Gasteiger partial charge in [0.05, 0.1) is 25.9 Å². The Labute approximate surface area is 180 Å². The number of hydrogen-bond acceptors (Lipinski definition) is 13. The molecule has 0 amide bonds. The summed E-state index contributed by atoms with van der Waals surface area (Å²) in [6.07, 6.45) is -13.5. The molecule has 10 atom stereocenters. The average Bonchev–Trinajstić information content (AvgIpc) is 2.74. The Bertz CT molecular complexity index is 529. The minimum absolute atomic E-state index is 0.146. The first kappa shape index (κ1) is 26.7. The molecule has 2 heterocycles. The van der Waals surface area contributed by atoms with Gasteiger partial charge in [-0.05, 0) is 13.8 Å². The fourth-order valence-corrected chi connectivity index (χ4v) is 3.60. The van der Waals surface area contributed by atoms with Gasteiger partial charge in [0.25, 0.3) is 0 Å². The third-order valence-electron chi connectivity index (χ3n) is 5.15. The van der Waals surface area contributed by atoms with E-state index in [1.54, 1.807) is 13.8 Å². The zero-order valence-corrected chi connectivity index (χ0v) is 17.9. The summed E-state index contributed by atoms with van der Waals surface area (Å²) in [5.74, 6) is 0. The van der Waals surface area contributed by atoms with E-state index in [-0.39, 0.29) is 19.3 Å². The van der Waals surface area contributed by atoms with E-state index >= 15 is 0 Å². The molecule has 2 fully saturated rings. The second kappa shape index (κ2) is 12.1. The van der Waals surface area contributed by atoms with Crippen LogP contribution in [0.2, 0.25) is 0 Å². The average molecular weight is 456 g/mol. The van der Waals surface area contributed by atoms with Crippen molar-refractivity contribution in [3.63, 3.8) is 0 Å². The molecule has 0 aromatic rings. The van der Waals surface area contributed by atoms with Gasteiger partial charge in [0.2, 0.25) is 0 Å². The lowest BCUT2D eigenvalue weighted by atomic mass is 9.96. The Morgan fingerprint density at radius 3 is 2.10 bits per heavy atom. The monoisotopic (exact) mass is 456 g/mol. The fourth-order valence-electron chi connectivity index (χ4n) is 3.60. The molecule has 0 aromatic carbocycles. The Morgan fingerprint density at radius 2 is 1.55 bits per heavy atom. The zero-order valence-electron chi connectivity index (χ0n) is 17.9. The smallest absolute Gasteiger partial charge is 0.187 e. The van der Waals surface area contributed by atoms with Gasteiger partial charge < -0.3 is 55.3 Å². The second-order valence-corrected chi connectivity index (χ2v) is 7.85. The van der Waals surface area contributed by atoms with Gasteiger partial charge in [0.15, 0.2) is 12.5 Å². The lowest BCUT2D eigenvalue weighted by Crippen LogP contribution is -2.66. The summed E-state index contributed by atoms with van der Waals surface area (Å²) in [4.78, 5) is 5.29. The van der Waals surface area contributed by atoms with E-state index in [9.17, 15) is 30.6 Å². The molecule has 2 aliphatic rings. The highest BCUT2D eigenvalue weighted by Gasteiger charge is 2.52. The molecule has 0 radical (unpaired) electrons. The van der Waals surface area contributed by atoms with Crippen molar-refractivity contribution < 1.29 is 54.4 Å². The number of nitrogens with zero attached hydrogens (tertiary/aromatic N) is 1. The van der Waals surface area contributed by atoms with Crippen LogP contribution in [0.1, 0.15) is 13.8 Å². The van der Waals surface area contributed by atoms with Crippen LogP contribution in [-0.4, -0.2) is 137 Å². The van der Waals surface area contributed by atoms with E-state index in [4.69, 9.17) is 29.5 Å². The summed E-state index contributed by atoms with van der Waals surface area (Å²) in [6.45, 7) is 2.62. The van der Waals surface area contributed by atoms with Crippen LogP contribution in [0, 0.1) is 0 Å². The molecule has 13 nitrogen and oxygen atoms in total. The summed E-state index contributed by atoms with van der Waals surface area (Å²) in [6, 6.07) is 0. The lowest BCUT2D eigenvalue weighted by molar-refractivity contribution is -0.368. The van der Waals surface area contributed by atoms with E-state index in [1.165, 1.54) is 12.1 Å². The summed E-state index contributed by atoms with van der Waals surface area (Å²) < 4.78 is 22.3. The summed E-state index contributed by atoms with van der Waals surface area (Å²) in [5.41, 5.74) is 5.39. The van der Waals surface area contributed by atoms with Crippen molar-refractivity contribution in [3.05, 3.63) is 0 Å². The van der Waals surface area contributed by atoms with E-state index in [0.29, 0.717) is 0 Å². The highest BCUT2D eigenvalue weighted by molar-refractivity contribution is 4.95. The first-order valence-corrected chi connectivity index (χ1v) is 10.3. The maximum Gasteiger partial charge on any atom is 0.187 e. The number of hydrogen-bond donors (Lipinski definition) is 7. The van der Waals surface area contributed by atoms with Crippen molar-refractivity contribution in [1.82, 2.24) is 5.06 Å². The maximum atomic E-state index is 10.6. The maximum absolute atomic E-state index is 10.6. The Hall–Kier alpha value is -0.520. The fraction of sp³-hybridized carbons (Fsp3) is 1.00. The van der Waals surface area contributed by atoms with Gasteiger partial charge in [0.1, 0.15) is 48.8 Å². The number of aliphatic hydroxyl groups is 6. The van der Waals surface area contributed by atoms with E-state index in [1.807, 2.05) is 0 Å². The molecule has 2 rings (SSSR count). The number of likely N-dealkylation sites (N-methyl/N-ethyl adjacent to an activating group) is 1. The Kier molecular flexibility index (Phi) is 10.4. The van der Waals surface area contributed by atoms with Crippen molar-refractivity contribution >= 4 is 0 Å². The molecule has 2 aliphatic heterocycles. The van der Waals surface area contributed by atoms with Crippen LogP contribution < -0.4 is 5.73 Å². The predicted octanol–water partition coefficient (Wildman–Crippen LogP) is -4.13. The topological polar surface area (TPSA) is 197 Å². The van der Waals surface area contributed by atoms with E-state index in [2.05, 4.69) is 0 Å². The third-order valence-corrected chi connectivity index (χ3v) is 5.15. The van der Waals surface area contributed by atoms with Crippen LogP contribution in [0.4, 0.5) is 0 Å². The first-order chi connectivity index (χ1) is 14.7. The molecule has 0 bridgehead atoms. The van der Waals surface area contributed by atoms with Crippen molar-refractivity contribution in [2.45, 2.75) is 81.3 Å². The number of aliphatic hydroxyl groups excluding tert-OH is 6. The molecule has 184 valence electrons. The van der Waals surface area contributed by atoms with Crippen molar-refractivity contribution in [2.24, 2.45) is 5.73 Å². The van der Waals surface area contributed by atoms with Crippen LogP contribution in [0.3, 0.4) is 0 Å². The molecule has 0 saturated carbocycles. The van der Waals surface area contributed by atoms with E-state index < -0.39 is 74.6 Å². The quantitative estimate of drug-likeness (QED) is 0.157. The molecular weight excluding hydrogens is 420 g/mol. The largest absolute Gasteiger partial charge is 0.394 e. The van der Waals surface area contributed by atoms with Gasteiger partial charge in [-0.2, -0.15) is 5.06 Å². The second-order valence-electron chi connectivity index (χ2n) is 7.85. The third kappa shape index (κ3) is 6.29. The van der Waals surface area contributed by atoms with Gasteiger partial charge in [0, 0.05) is 13.6 Å². The Morgan fingerprint density at radius 1 is 0.903 bits per heavy atom. The number of hydroxylamine groups is 2. The molecule has 4 unspecified atom stereocenters. The van der Waals surface area contributed by atoms with Crippen LogP contribution in [0.15, 0.2) is 0 Å². The SMILES string of the molecule is CC(C)O[C@@H]1C(O)[C@H](O[C@@H]2C(CO)O[C@@H](N(C)OCCN)C(O)[C@H]2O)OC(CO)[C@@H]1O. The van der Waals surface area contributed by atoms with Crippen molar-refractivity contribution in [3.8, 4) is 0 Å².